The molecule has 1 amide bonds. The molecule has 6 nitrogen and oxygen atoms in total. The van der Waals surface area contributed by atoms with Crippen molar-refractivity contribution in [2.75, 3.05) is 13.2 Å². The second kappa shape index (κ2) is 61.9. The lowest BCUT2D eigenvalue weighted by Crippen LogP contribution is -2.45. The summed E-state index contributed by atoms with van der Waals surface area (Å²) in [5.74, 6) is -0.0206. The van der Waals surface area contributed by atoms with Crippen LogP contribution in [0.25, 0.3) is 0 Å². The molecule has 0 saturated heterocycles. The molecule has 0 rings (SSSR count). The van der Waals surface area contributed by atoms with Crippen LogP contribution in [0.2, 0.25) is 0 Å². The maximum absolute atomic E-state index is 12.4. The Morgan fingerprint density at radius 1 is 0.389 bits per heavy atom. The highest BCUT2D eigenvalue weighted by Gasteiger charge is 2.20. The summed E-state index contributed by atoms with van der Waals surface area (Å²) in [5.41, 5.74) is 0. The van der Waals surface area contributed by atoms with Crippen LogP contribution in [0, 0.1) is 0 Å². The number of rotatable bonds is 61. The number of hydrogen-bond acceptors (Lipinski definition) is 5. The van der Waals surface area contributed by atoms with E-state index in [1.54, 1.807) is 0 Å². The number of amides is 1. The number of hydrogen-bond donors (Lipinski definition) is 3. The van der Waals surface area contributed by atoms with Crippen molar-refractivity contribution >= 4 is 11.9 Å². The van der Waals surface area contributed by atoms with Gasteiger partial charge in [0, 0.05) is 12.8 Å². The molecular weight excluding hydrogens is 887 g/mol. The van der Waals surface area contributed by atoms with Gasteiger partial charge in [-0.15, -0.1) is 0 Å². The molecule has 2 atom stereocenters. The van der Waals surface area contributed by atoms with Gasteiger partial charge in [0.1, 0.15) is 0 Å². The third kappa shape index (κ3) is 57.6. The summed E-state index contributed by atoms with van der Waals surface area (Å²) in [5, 5.41) is 23.1. The average Bonchev–Trinajstić information content (AvgIpc) is 3.38. The van der Waals surface area contributed by atoms with Crippen LogP contribution in [0.3, 0.4) is 0 Å². The van der Waals surface area contributed by atoms with Crippen LogP contribution in [0.1, 0.15) is 361 Å². The molecule has 0 spiro atoms. The molecule has 72 heavy (non-hydrogen) atoms. The highest BCUT2D eigenvalue weighted by Crippen LogP contribution is 2.18. The van der Waals surface area contributed by atoms with Crippen molar-refractivity contribution in [2.24, 2.45) is 0 Å². The van der Waals surface area contributed by atoms with Gasteiger partial charge in [0.05, 0.1) is 25.4 Å². The molecule has 0 aliphatic carbocycles. The van der Waals surface area contributed by atoms with Crippen LogP contribution in [-0.2, 0) is 14.3 Å². The quantitative estimate of drug-likeness (QED) is 0.0320. The molecule has 6 heteroatoms. The van der Waals surface area contributed by atoms with Gasteiger partial charge in [0.25, 0.3) is 0 Å². The first-order valence-electron chi connectivity index (χ1n) is 32.6. The third-order valence-electron chi connectivity index (χ3n) is 15.3. The van der Waals surface area contributed by atoms with Crippen LogP contribution >= 0.6 is 0 Å². The molecule has 426 valence electrons. The fourth-order valence-corrected chi connectivity index (χ4v) is 10.3. The molecule has 0 aromatic carbocycles. The molecule has 0 bridgehead atoms. The first-order chi connectivity index (χ1) is 35.5. The molecule has 0 aliphatic heterocycles. The second-order valence-corrected chi connectivity index (χ2v) is 22.5. The lowest BCUT2D eigenvalue weighted by atomic mass is 10.0. The van der Waals surface area contributed by atoms with Crippen LogP contribution < -0.4 is 5.32 Å². The van der Waals surface area contributed by atoms with E-state index in [4.69, 9.17) is 4.74 Å². The summed E-state index contributed by atoms with van der Waals surface area (Å²) in [6, 6.07) is -0.536. The van der Waals surface area contributed by atoms with E-state index in [0.717, 1.165) is 51.4 Å². The van der Waals surface area contributed by atoms with Crippen LogP contribution in [0.15, 0.2) is 24.3 Å². The first-order valence-corrected chi connectivity index (χ1v) is 32.6. The van der Waals surface area contributed by atoms with Gasteiger partial charge in [-0.25, -0.2) is 0 Å². The van der Waals surface area contributed by atoms with Crippen molar-refractivity contribution in [3.8, 4) is 0 Å². The van der Waals surface area contributed by atoms with E-state index in [2.05, 4.69) is 43.5 Å². The van der Waals surface area contributed by atoms with Gasteiger partial charge in [-0.05, 0) is 57.8 Å². The van der Waals surface area contributed by atoms with E-state index in [-0.39, 0.29) is 18.5 Å². The molecule has 0 saturated carbocycles. The molecule has 2 unspecified atom stereocenters. The van der Waals surface area contributed by atoms with Crippen molar-refractivity contribution in [3.05, 3.63) is 24.3 Å². The summed E-state index contributed by atoms with van der Waals surface area (Å²) in [4.78, 5) is 24.5. The SMILES string of the molecule is CCCCC/C=C\C/C=C\CCCCCCCCCC(=O)OCCCCCCCCCCCCCCCCCCCCCCCCCCCCCCCC(=O)NC(CO)C(O)CCCCCCCCCCC. The normalized spacial score (nSPS) is 12.7. The van der Waals surface area contributed by atoms with E-state index < -0.39 is 12.1 Å². The minimum atomic E-state index is -0.659. The maximum atomic E-state index is 12.4. The topological polar surface area (TPSA) is 95.9 Å². The lowest BCUT2D eigenvalue weighted by Gasteiger charge is -2.22. The number of aliphatic hydroxyl groups is 2. The monoisotopic (exact) mass is 1010 g/mol. The summed E-state index contributed by atoms with van der Waals surface area (Å²) in [6.07, 6.45) is 76.5. The van der Waals surface area contributed by atoms with Gasteiger partial charge >= 0.3 is 5.97 Å². The van der Waals surface area contributed by atoms with E-state index in [9.17, 15) is 19.8 Å². The standard InChI is InChI=1S/C66H127NO5/c1-3-5-7-9-11-13-14-15-16-30-34-37-40-44-48-52-56-60-66(71)72-61-57-53-49-45-41-38-35-32-29-27-25-23-21-19-17-18-20-22-24-26-28-31-33-36-39-43-47-51-55-59-65(70)67-63(62-68)64(69)58-54-50-46-42-12-10-8-6-4-2/h11,13,15-16,63-64,68-69H,3-10,12,14,17-62H2,1-2H3,(H,67,70)/b13-11-,16-15-. The Hall–Kier alpha value is -1.66. The molecule has 0 aromatic rings. The minimum absolute atomic E-state index is 0.0120. The van der Waals surface area contributed by atoms with E-state index in [1.807, 2.05) is 0 Å². The third-order valence-corrected chi connectivity index (χ3v) is 15.3. The Labute approximate surface area is 450 Å². The Balaban J connectivity index is 3.30. The highest BCUT2D eigenvalue weighted by atomic mass is 16.5. The van der Waals surface area contributed by atoms with Gasteiger partial charge in [-0.3, -0.25) is 9.59 Å². The summed E-state index contributed by atoms with van der Waals surface area (Å²) in [7, 11) is 0. The smallest absolute Gasteiger partial charge is 0.305 e. The van der Waals surface area contributed by atoms with Gasteiger partial charge in [-0.1, -0.05) is 314 Å². The largest absolute Gasteiger partial charge is 0.466 e. The summed E-state index contributed by atoms with van der Waals surface area (Å²) < 4.78 is 5.50. The molecule has 0 radical (unpaired) electrons. The zero-order valence-corrected chi connectivity index (χ0v) is 48.7. The molecule has 0 aromatic heterocycles. The van der Waals surface area contributed by atoms with Gasteiger partial charge in [0.15, 0.2) is 0 Å². The summed E-state index contributed by atoms with van der Waals surface area (Å²) in [6.45, 7) is 4.93. The molecular formula is C66H127NO5. The average molecular weight is 1010 g/mol. The fourth-order valence-electron chi connectivity index (χ4n) is 10.3. The zero-order chi connectivity index (χ0) is 52.2. The highest BCUT2D eigenvalue weighted by molar-refractivity contribution is 5.76. The van der Waals surface area contributed by atoms with Crippen molar-refractivity contribution in [3.63, 3.8) is 0 Å². The van der Waals surface area contributed by atoms with Crippen molar-refractivity contribution in [1.82, 2.24) is 5.32 Å². The van der Waals surface area contributed by atoms with E-state index in [0.29, 0.717) is 25.9 Å². The van der Waals surface area contributed by atoms with Crippen molar-refractivity contribution in [1.29, 1.82) is 0 Å². The Morgan fingerprint density at radius 2 is 0.694 bits per heavy atom. The van der Waals surface area contributed by atoms with Crippen molar-refractivity contribution in [2.45, 2.75) is 373 Å². The lowest BCUT2D eigenvalue weighted by molar-refractivity contribution is -0.143. The van der Waals surface area contributed by atoms with E-state index >= 15 is 0 Å². The van der Waals surface area contributed by atoms with Crippen LogP contribution in [0.5, 0.6) is 0 Å². The Kier molecular flexibility index (Phi) is 60.5. The number of ether oxygens (including phenoxy) is 1. The number of aliphatic hydroxyl groups excluding tert-OH is 2. The predicted octanol–water partition coefficient (Wildman–Crippen LogP) is 20.6. The van der Waals surface area contributed by atoms with Gasteiger partial charge in [-0.2, -0.15) is 0 Å². The number of esters is 1. The predicted molar refractivity (Wildman–Crippen MR) is 315 cm³/mol. The maximum Gasteiger partial charge on any atom is 0.305 e. The van der Waals surface area contributed by atoms with Gasteiger partial charge < -0.3 is 20.3 Å². The van der Waals surface area contributed by atoms with E-state index in [1.165, 1.54) is 276 Å². The minimum Gasteiger partial charge on any atom is -0.466 e. The first kappa shape index (κ1) is 70.3. The van der Waals surface area contributed by atoms with Crippen LogP contribution in [-0.4, -0.2) is 47.4 Å². The van der Waals surface area contributed by atoms with Crippen LogP contribution in [0.4, 0.5) is 0 Å². The Morgan fingerprint density at radius 3 is 1.08 bits per heavy atom. The molecule has 3 N–H and O–H groups in total. The number of carbonyl (C=O) groups excluding carboxylic acids is 2. The Bertz CT molecular complexity index is 1120. The molecule has 0 heterocycles. The van der Waals surface area contributed by atoms with Crippen molar-refractivity contribution < 1.29 is 24.5 Å². The number of nitrogens with one attached hydrogen (secondary N) is 1. The number of unbranched alkanes of at least 4 members (excludes halogenated alkanes) is 46. The zero-order valence-electron chi connectivity index (χ0n) is 48.7. The number of allylic oxidation sites excluding steroid dienone is 4. The number of carbonyl (C=O) groups is 2. The molecule has 0 fully saturated rings. The fraction of sp³-hybridized carbons (Fsp3) is 0.909. The molecule has 0 aliphatic rings. The van der Waals surface area contributed by atoms with Gasteiger partial charge in [0.2, 0.25) is 5.91 Å². The summed E-state index contributed by atoms with van der Waals surface area (Å²) >= 11 is 0. The second-order valence-electron chi connectivity index (χ2n) is 22.5.